The van der Waals surface area contributed by atoms with Gasteiger partial charge in [0.05, 0.1) is 11.2 Å². The van der Waals surface area contributed by atoms with E-state index < -0.39 is 0 Å². The van der Waals surface area contributed by atoms with Crippen LogP contribution in [0.25, 0.3) is 0 Å². The van der Waals surface area contributed by atoms with Gasteiger partial charge in [0.2, 0.25) is 0 Å². The molecule has 0 bridgehead atoms. The van der Waals surface area contributed by atoms with Crippen molar-refractivity contribution in [1.82, 2.24) is 9.88 Å². The van der Waals surface area contributed by atoms with Gasteiger partial charge in [0.15, 0.2) is 0 Å². The number of nitrogens with zero attached hydrogens (tertiary/aromatic N) is 2. The van der Waals surface area contributed by atoms with Crippen LogP contribution in [0.2, 0.25) is 5.02 Å². The number of hydrogen-bond acceptors (Lipinski definition) is 4. The molecule has 6 heteroatoms. The van der Waals surface area contributed by atoms with Gasteiger partial charge in [-0.3, -0.25) is 4.90 Å². The van der Waals surface area contributed by atoms with E-state index in [9.17, 15) is 0 Å². The number of rotatable bonds is 5. The van der Waals surface area contributed by atoms with Crippen LogP contribution in [0.5, 0.6) is 0 Å². The molecule has 3 nitrogen and oxygen atoms in total. The zero-order chi connectivity index (χ0) is 13.8. The molecule has 0 saturated heterocycles. The van der Waals surface area contributed by atoms with E-state index in [-0.39, 0.29) is 0 Å². The highest BCUT2D eigenvalue weighted by Crippen LogP contribution is 2.20. The van der Waals surface area contributed by atoms with Crippen molar-refractivity contribution in [3.05, 3.63) is 50.9 Å². The molecule has 0 amide bonds. The van der Waals surface area contributed by atoms with Gasteiger partial charge in [-0.1, -0.05) is 36.0 Å². The molecule has 2 rings (SSSR count). The maximum atomic E-state index is 6.24. The molecule has 19 heavy (non-hydrogen) atoms. The first kappa shape index (κ1) is 14.4. The summed E-state index contributed by atoms with van der Waals surface area (Å²) < 4.78 is 0. The summed E-state index contributed by atoms with van der Waals surface area (Å²) in [6, 6.07) is 5.69. The Hall–Kier alpha value is -1.01. The number of aromatic nitrogens is 1. The van der Waals surface area contributed by atoms with E-state index in [4.69, 9.17) is 29.6 Å². The standard InChI is InChI=1S/C13H14ClN3S2/c1-17(6-11-7-19-8-16-11)5-10-3-2-9(13(15)18)4-12(10)14/h2-4,7-8H,5-6H2,1H3,(H2,15,18). The van der Waals surface area contributed by atoms with Crippen molar-refractivity contribution < 1.29 is 0 Å². The molecule has 0 spiro atoms. The van der Waals surface area contributed by atoms with Gasteiger partial charge >= 0.3 is 0 Å². The first-order valence-electron chi connectivity index (χ1n) is 5.70. The normalized spacial score (nSPS) is 10.9. The highest BCUT2D eigenvalue weighted by atomic mass is 35.5. The second kappa shape index (κ2) is 6.43. The molecule has 0 fully saturated rings. The Labute approximate surface area is 127 Å². The number of thiazole rings is 1. The maximum Gasteiger partial charge on any atom is 0.104 e. The summed E-state index contributed by atoms with van der Waals surface area (Å²) in [5, 5.41) is 2.74. The van der Waals surface area contributed by atoms with Crippen molar-refractivity contribution in [2.24, 2.45) is 5.73 Å². The van der Waals surface area contributed by atoms with E-state index >= 15 is 0 Å². The number of hydrogen-bond donors (Lipinski definition) is 1. The Bertz CT molecular complexity index is 569. The lowest BCUT2D eigenvalue weighted by atomic mass is 10.1. The van der Waals surface area contributed by atoms with E-state index in [2.05, 4.69) is 9.88 Å². The first-order valence-corrected chi connectivity index (χ1v) is 7.43. The minimum atomic E-state index is 0.365. The van der Waals surface area contributed by atoms with E-state index in [1.54, 1.807) is 11.3 Å². The van der Waals surface area contributed by atoms with Crippen molar-refractivity contribution >= 4 is 40.1 Å². The Kier molecular flexibility index (Phi) is 4.87. The Balaban J connectivity index is 2.04. The molecule has 0 unspecified atom stereocenters. The van der Waals surface area contributed by atoms with Crippen LogP contribution in [0, 0.1) is 0 Å². The van der Waals surface area contributed by atoms with E-state index in [1.807, 2.05) is 36.1 Å². The number of halogens is 1. The molecule has 0 atom stereocenters. The predicted octanol–water partition coefficient (Wildman–Crippen LogP) is 3.06. The SMILES string of the molecule is CN(Cc1cscn1)Cc1ccc(C(N)=S)cc1Cl. The summed E-state index contributed by atoms with van der Waals surface area (Å²) in [4.78, 5) is 6.80. The fourth-order valence-corrected chi connectivity index (χ4v) is 2.68. The van der Waals surface area contributed by atoms with Gasteiger partial charge in [0.1, 0.15) is 4.99 Å². The van der Waals surface area contributed by atoms with Crippen molar-refractivity contribution in [3.63, 3.8) is 0 Å². The summed E-state index contributed by atoms with van der Waals surface area (Å²) >= 11 is 12.8. The van der Waals surface area contributed by atoms with Crippen LogP contribution >= 0.6 is 35.2 Å². The molecule has 1 heterocycles. The third-order valence-corrected chi connectivity index (χ3v) is 3.92. The highest BCUT2D eigenvalue weighted by molar-refractivity contribution is 7.80. The predicted molar refractivity (Wildman–Crippen MR) is 84.6 cm³/mol. The molecule has 1 aromatic heterocycles. The van der Waals surface area contributed by atoms with Crippen LogP contribution in [0.15, 0.2) is 29.1 Å². The average Bonchev–Trinajstić information content (AvgIpc) is 2.84. The van der Waals surface area contributed by atoms with E-state index in [1.165, 1.54) is 0 Å². The van der Waals surface area contributed by atoms with Gasteiger partial charge in [-0.05, 0) is 18.7 Å². The van der Waals surface area contributed by atoms with Crippen LogP contribution in [-0.2, 0) is 13.1 Å². The van der Waals surface area contributed by atoms with Crippen LogP contribution in [-0.4, -0.2) is 21.9 Å². The lowest BCUT2D eigenvalue weighted by Crippen LogP contribution is -2.18. The van der Waals surface area contributed by atoms with Crippen molar-refractivity contribution in [1.29, 1.82) is 0 Å². The zero-order valence-electron chi connectivity index (χ0n) is 10.5. The lowest BCUT2D eigenvalue weighted by molar-refractivity contribution is 0.316. The van der Waals surface area contributed by atoms with Gasteiger partial charge in [-0.2, -0.15) is 0 Å². The molecule has 0 aliphatic rings. The first-order chi connectivity index (χ1) is 9.06. The third-order valence-electron chi connectivity index (χ3n) is 2.69. The maximum absolute atomic E-state index is 6.24. The molecular weight excluding hydrogens is 298 g/mol. The second-order valence-electron chi connectivity index (χ2n) is 4.32. The van der Waals surface area contributed by atoms with Crippen molar-refractivity contribution in [2.45, 2.75) is 13.1 Å². The average molecular weight is 312 g/mol. The molecule has 0 saturated carbocycles. The summed E-state index contributed by atoms with van der Waals surface area (Å²) in [5.41, 5.74) is 10.3. The Morgan fingerprint density at radius 1 is 1.47 bits per heavy atom. The summed E-state index contributed by atoms with van der Waals surface area (Å²) in [6.45, 7) is 1.56. The van der Waals surface area contributed by atoms with Crippen LogP contribution < -0.4 is 5.73 Å². The van der Waals surface area contributed by atoms with Gasteiger partial charge in [-0.25, -0.2) is 4.98 Å². The smallest absolute Gasteiger partial charge is 0.104 e. The molecule has 2 aromatic rings. The van der Waals surface area contributed by atoms with Crippen LogP contribution in [0.3, 0.4) is 0 Å². The molecule has 2 N–H and O–H groups in total. The fraction of sp³-hybridized carbons (Fsp3) is 0.231. The van der Waals surface area contributed by atoms with Gasteiger partial charge in [0.25, 0.3) is 0 Å². The van der Waals surface area contributed by atoms with Crippen LogP contribution in [0.1, 0.15) is 16.8 Å². The number of benzene rings is 1. The van der Waals surface area contributed by atoms with Gasteiger partial charge in [0, 0.05) is 29.1 Å². The van der Waals surface area contributed by atoms with E-state index in [0.717, 1.165) is 29.9 Å². The number of thiocarbonyl (C=S) groups is 1. The van der Waals surface area contributed by atoms with Gasteiger partial charge in [-0.15, -0.1) is 11.3 Å². The molecule has 0 aliphatic heterocycles. The minimum absolute atomic E-state index is 0.365. The van der Waals surface area contributed by atoms with Crippen molar-refractivity contribution in [2.75, 3.05) is 7.05 Å². The molecule has 0 radical (unpaired) electrons. The zero-order valence-corrected chi connectivity index (χ0v) is 12.9. The fourth-order valence-electron chi connectivity index (χ4n) is 1.77. The Morgan fingerprint density at radius 3 is 2.84 bits per heavy atom. The van der Waals surface area contributed by atoms with Crippen LogP contribution in [0.4, 0.5) is 0 Å². The van der Waals surface area contributed by atoms with Gasteiger partial charge < -0.3 is 5.73 Å². The molecule has 1 aromatic carbocycles. The monoisotopic (exact) mass is 311 g/mol. The highest BCUT2D eigenvalue weighted by Gasteiger charge is 2.08. The summed E-state index contributed by atoms with van der Waals surface area (Å²) in [7, 11) is 2.04. The van der Waals surface area contributed by atoms with E-state index in [0.29, 0.717) is 10.0 Å². The Morgan fingerprint density at radius 2 is 2.26 bits per heavy atom. The third kappa shape index (κ3) is 3.98. The minimum Gasteiger partial charge on any atom is -0.389 e. The lowest BCUT2D eigenvalue weighted by Gasteiger charge is -2.16. The number of nitrogens with two attached hydrogens (primary N) is 1. The molecule has 0 aliphatic carbocycles. The largest absolute Gasteiger partial charge is 0.389 e. The summed E-state index contributed by atoms with van der Waals surface area (Å²) in [6.07, 6.45) is 0. The second-order valence-corrected chi connectivity index (χ2v) is 5.89. The topological polar surface area (TPSA) is 42.2 Å². The molecule has 100 valence electrons. The molecular formula is C13H14ClN3S2. The summed E-state index contributed by atoms with van der Waals surface area (Å²) in [5.74, 6) is 0. The quantitative estimate of drug-likeness (QED) is 0.862. The van der Waals surface area contributed by atoms with Crippen molar-refractivity contribution in [3.8, 4) is 0 Å².